The number of nitro benzene ring substituents is 1. The van der Waals surface area contributed by atoms with Gasteiger partial charge in [0.2, 0.25) is 5.78 Å². The van der Waals surface area contributed by atoms with Gasteiger partial charge in [0, 0.05) is 44.0 Å². The lowest BCUT2D eigenvalue weighted by atomic mass is 10.1. The summed E-state index contributed by atoms with van der Waals surface area (Å²) in [6, 6.07) is 6.28. The summed E-state index contributed by atoms with van der Waals surface area (Å²) < 4.78 is 5.91. The van der Waals surface area contributed by atoms with Crippen LogP contribution in [0.4, 0.5) is 5.69 Å². The lowest BCUT2D eigenvalue weighted by Gasteiger charge is -2.12. The molecular weight excluding hydrogens is 364 g/mol. The molecule has 144 valence electrons. The van der Waals surface area contributed by atoms with E-state index >= 15 is 0 Å². The Labute approximate surface area is 158 Å². The summed E-state index contributed by atoms with van der Waals surface area (Å²) in [6.07, 6.45) is 1.73. The van der Waals surface area contributed by atoms with Crippen LogP contribution in [-0.2, 0) is 14.1 Å². The molecule has 4 rings (SSSR count). The first-order valence-corrected chi connectivity index (χ1v) is 8.66. The number of imidazole rings is 2. The van der Waals surface area contributed by atoms with Crippen molar-refractivity contribution in [3.8, 4) is 11.3 Å². The lowest BCUT2D eigenvalue weighted by molar-refractivity contribution is -0.384. The van der Waals surface area contributed by atoms with Gasteiger partial charge in [-0.25, -0.2) is 4.79 Å². The molecule has 0 saturated heterocycles. The molecule has 0 aliphatic heterocycles. The third-order valence-corrected chi connectivity index (χ3v) is 4.87. The number of hydrogen-bond donors (Lipinski definition) is 0. The maximum absolute atomic E-state index is 12.7. The summed E-state index contributed by atoms with van der Waals surface area (Å²) in [5.41, 5.74) is 0.996. The van der Waals surface area contributed by atoms with Crippen molar-refractivity contribution in [1.82, 2.24) is 23.1 Å². The molecule has 28 heavy (non-hydrogen) atoms. The Morgan fingerprint density at radius 3 is 2.50 bits per heavy atom. The quantitative estimate of drug-likeness (QED) is 0.397. The van der Waals surface area contributed by atoms with Crippen LogP contribution in [0, 0.1) is 10.1 Å². The molecule has 0 saturated carbocycles. The molecule has 0 atom stereocenters. The van der Waals surface area contributed by atoms with Crippen LogP contribution in [0.5, 0.6) is 0 Å². The predicted molar refractivity (Wildman–Crippen MR) is 104 cm³/mol. The molecule has 3 aromatic heterocycles. The molecule has 0 unspecified atom stereocenters. The predicted octanol–water partition coefficient (Wildman–Crippen LogP) is 1.84. The van der Waals surface area contributed by atoms with Crippen LogP contribution in [0.2, 0.25) is 0 Å². The van der Waals surface area contributed by atoms with Crippen LogP contribution in [0.1, 0.15) is 19.9 Å². The molecule has 1 aromatic carbocycles. The van der Waals surface area contributed by atoms with Gasteiger partial charge in [-0.3, -0.25) is 28.4 Å². The molecule has 0 bridgehead atoms. The minimum Gasteiger partial charge on any atom is -0.307 e. The molecule has 0 fully saturated rings. The van der Waals surface area contributed by atoms with E-state index in [1.54, 1.807) is 29.8 Å². The second-order valence-electron chi connectivity index (χ2n) is 6.95. The van der Waals surface area contributed by atoms with Crippen molar-refractivity contribution in [2.45, 2.75) is 19.9 Å². The summed E-state index contributed by atoms with van der Waals surface area (Å²) >= 11 is 0. The van der Waals surface area contributed by atoms with Crippen LogP contribution < -0.4 is 11.2 Å². The lowest BCUT2D eigenvalue weighted by Crippen LogP contribution is -2.37. The van der Waals surface area contributed by atoms with Crippen LogP contribution in [0.15, 0.2) is 40.1 Å². The fourth-order valence-corrected chi connectivity index (χ4v) is 3.49. The molecule has 0 spiro atoms. The second-order valence-corrected chi connectivity index (χ2v) is 6.95. The molecule has 0 aliphatic carbocycles. The van der Waals surface area contributed by atoms with Gasteiger partial charge in [0.1, 0.15) is 0 Å². The maximum atomic E-state index is 12.7. The number of hydrogen-bond acceptors (Lipinski definition) is 5. The Kier molecular flexibility index (Phi) is 3.74. The largest absolute Gasteiger partial charge is 0.332 e. The van der Waals surface area contributed by atoms with E-state index in [1.165, 1.54) is 23.7 Å². The van der Waals surface area contributed by atoms with Crippen molar-refractivity contribution in [3.63, 3.8) is 0 Å². The van der Waals surface area contributed by atoms with Crippen molar-refractivity contribution in [1.29, 1.82) is 0 Å². The van der Waals surface area contributed by atoms with Crippen LogP contribution >= 0.6 is 0 Å². The molecule has 0 N–H and O–H groups in total. The van der Waals surface area contributed by atoms with Crippen LogP contribution in [-0.4, -0.2) is 28.0 Å². The van der Waals surface area contributed by atoms with E-state index in [0.717, 1.165) is 4.57 Å². The number of nitro groups is 1. The van der Waals surface area contributed by atoms with Gasteiger partial charge in [0.05, 0.1) is 10.6 Å². The molecule has 10 nitrogen and oxygen atoms in total. The minimum absolute atomic E-state index is 0.0187. The van der Waals surface area contributed by atoms with Gasteiger partial charge in [0.25, 0.3) is 11.2 Å². The fourth-order valence-electron chi connectivity index (χ4n) is 3.49. The first-order valence-electron chi connectivity index (χ1n) is 8.66. The van der Waals surface area contributed by atoms with E-state index in [4.69, 9.17) is 0 Å². The highest BCUT2D eigenvalue weighted by Crippen LogP contribution is 2.30. The zero-order valence-electron chi connectivity index (χ0n) is 15.8. The summed E-state index contributed by atoms with van der Waals surface area (Å²) in [4.78, 5) is 40.2. The number of aromatic nitrogens is 5. The average molecular weight is 382 g/mol. The SMILES string of the molecule is CC(C)n1c(-c2cccc([N+](=O)[O-])c2)cn2c3c(=O)n(C)c(=O)n(C)c3nc12. The van der Waals surface area contributed by atoms with Crippen molar-refractivity contribution < 1.29 is 4.92 Å². The zero-order chi connectivity index (χ0) is 20.3. The maximum Gasteiger partial charge on any atom is 0.332 e. The van der Waals surface area contributed by atoms with E-state index < -0.39 is 16.2 Å². The van der Waals surface area contributed by atoms with E-state index in [2.05, 4.69) is 4.98 Å². The smallest absolute Gasteiger partial charge is 0.307 e. The van der Waals surface area contributed by atoms with Crippen LogP contribution in [0.3, 0.4) is 0 Å². The third kappa shape index (κ3) is 2.30. The Hall–Kier alpha value is -3.69. The van der Waals surface area contributed by atoms with Gasteiger partial charge in [-0.2, -0.15) is 4.98 Å². The van der Waals surface area contributed by atoms with Crippen molar-refractivity contribution in [2.75, 3.05) is 0 Å². The second kappa shape index (κ2) is 5.91. The number of non-ortho nitro benzene ring substituents is 1. The number of benzene rings is 1. The molecule has 3 heterocycles. The normalized spacial score (nSPS) is 11.8. The number of fused-ring (bicyclic) bond motifs is 3. The number of rotatable bonds is 3. The minimum atomic E-state index is -0.451. The van der Waals surface area contributed by atoms with Gasteiger partial charge in [-0.05, 0) is 13.8 Å². The molecule has 0 aliphatic rings. The van der Waals surface area contributed by atoms with Gasteiger partial charge in [-0.15, -0.1) is 0 Å². The zero-order valence-corrected chi connectivity index (χ0v) is 15.8. The number of aryl methyl sites for hydroxylation is 1. The molecular formula is C18H18N6O4. The van der Waals surface area contributed by atoms with Gasteiger partial charge < -0.3 is 4.57 Å². The van der Waals surface area contributed by atoms with Gasteiger partial charge >= 0.3 is 5.69 Å². The standard InChI is InChI=1S/C18H18N6O4/c1-10(2)23-13(11-6-5-7-12(8-11)24(27)28)9-22-14-15(19-17(22)23)20(3)18(26)21(4)16(14)25/h5-10H,1-4H3. The monoisotopic (exact) mass is 382 g/mol. The highest BCUT2D eigenvalue weighted by atomic mass is 16.6. The topological polar surface area (TPSA) is 109 Å². The third-order valence-electron chi connectivity index (χ3n) is 4.87. The number of nitrogens with zero attached hydrogens (tertiary/aromatic N) is 6. The van der Waals surface area contributed by atoms with E-state index in [9.17, 15) is 19.7 Å². The van der Waals surface area contributed by atoms with Gasteiger partial charge in [-0.1, -0.05) is 12.1 Å². The summed E-state index contributed by atoms with van der Waals surface area (Å²) in [5, 5.41) is 11.2. The van der Waals surface area contributed by atoms with Crippen molar-refractivity contribution >= 4 is 22.6 Å². The fraction of sp³-hybridized carbons (Fsp3) is 0.278. The van der Waals surface area contributed by atoms with Gasteiger partial charge in [0.15, 0.2) is 11.2 Å². The van der Waals surface area contributed by atoms with E-state index in [0.29, 0.717) is 22.7 Å². The van der Waals surface area contributed by atoms with Crippen molar-refractivity contribution in [2.24, 2.45) is 14.1 Å². The first-order chi connectivity index (χ1) is 13.2. The van der Waals surface area contributed by atoms with E-state index in [-0.39, 0.29) is 17.2 Å². The first kappa shape index (κ1) is 17.7. The molecule has 10 heteroatoms. The van der Waals surface area contributed by atoms with Crippen molar-refractivity contribution in [3.05, 3.63) is 61.4 Å². The summed E-state index contributed by atoms with van der Waals surface area (Å²) in [6.45, 7) is 3.91. The molecule has 0 radical (unpaired) electrons. The Morgan fingerprint density at radius 2 is 1.86 bits per heavy atom. The average Bonchev–Trinajstić information content (AvgIpc) is 3.20. The summed E-state index contributed by atoms with van der Waals surface area (Å²) in [7, 11) is 2.99. The highest BCUT2D eigenvalue weighted by Gasteiger charge is 2.22. The Balaban J connectivity index is 2.14. The Bertz CT molecular complexity index is 1390. The summed E-state index contributed by atoms with van der Waals surface area (Å²) in [5.74, 6) is 0.491. The highest BCUT2D eigenvalue weighted by molar-refractivity contribution is 5.78. The Morgan fingerprint density at radius 1 is 1.14 bits per heavy atom. The van der Waals surface area contributed by atoms with E-state index in [1.807, 2.05) is 18.4 Å². The molecule has 4 aromatic rings. The molecule has 0 amide bonds. The van der Waals surface area contributed by atoms with Crippen LogP contribution in [0.25, 0.3) is 28.2 Å².